The number of halogens is 1. The van der Waals surface area contributed by atoms with Gasteiger partial charge in [-0.2, -0.15) is 0 Å². The third-order valence-electron chi connectivity index (χ3n) is 3.75. The lowest BCUT2D eigenvalue weighted by atomic mass is 9.96. The standard InChI is InChI=1S/C16H16ClNO/c1-10-6-7-15(13(17)8-10)18-11(2)9-12-14(18)4-3-5-16(12)19/h6-9H,3-5H2,1-2H3. The van der Waals surface area contributed by atoms with Crippen LogP contribution in [0.4, 0.5) is 0 Å². The van der Waals surface area contributed by atoms with Gasteiger partial charge in [0.25, 0.3) is 0 Å². The maximum atomic E-state index is 12.0. The Morgan fingerprint density at radius 3 is 2.68 bits per heavy atom. The molecule has 0 bridgehead atoms. The number of ketones is 1. The number of aromatic nitrogens is 1. The molecule has 0 unspecified atom stereocenters. The molecule has 19 heavy (non-hydrogen) atoms. The highest BCUT2D eigenvalue weighted by Crippen LogP contribution is 2.31. The Kier molecular flexibility index (Phi) is 2.98. The van der Waals surface area contributed by atoms with Crippen molar-refractivity contribution >= 4 is 17.4 Å². The first-order valence-corrected chi connectivity index (χ1v) is 6.96. The number of hydrogen-bond donors (Lipinski definition) is 0. The molecular weight excluding hydrogens is 258 g/mol. The molecule has 0 N–H and O–H groups in total. The lowest BCUT2D eigenvalue weighted by Gasteiger charge is -2.17. The zero-order chi connectivity index (χ0) is 13.6. The van der Waals surface area contributed by atoms with Crippen LogP contribution in [-0.4, -0.2) is 10.4 Å². The molecule has 1 heterocycles. The fraction of sp³-hybridized carbons (Fsp3) is 0.312. The average molecular weight is 274 g/mol. The zero-order valence-corrected chi connectivity index (χ0v) is 11.9. The lowest BCUT2D eigenvalue weighted by molar-refractivity contribution is 0.0972. The summed E-state index contributed by atoms with van der Waals surface area (Å²) in [7, 11) is 0. The second-order valence-corrected chi connectivity index (χ2v) is 5.62. The van der Waals surface area contributed by atoms with Gasteiger partial charge < -0.3 is 4.57 Å². The molecule has 3 rings (SSSR count). The summed E-state index contributed by atoms with van der Waals surface area (Å²) in [6, 6.07) is 8.04. The van der Waals surface area contributed by atoms with Crippen LogP contribution >= 0.6 is 11.6 Å². The molecule has 0 radical (unpaired) electrons. The van der Waals surface area contributed by atoms with Crippen LogP contribution in [0, 0.1) is 13.8 Å². The predicted octanol–water partition coefficient (Wildman–Crippen LogP) is 4.27. The van der Waals surface area contributed by atoms with E-state index in [-0.39, 0.29) is 5.78 Å². The summed E-state index contributed by atoms with van der Waals surface area (Å²) >= 11 is 6.37. The van der Waals surface area contributed by atoms with Crippen LogP contribution < -0.4 is 0 Å². The largest absolute Gasteiger partial charge is 0.316 e. The summed E-state index contributed by atoms with van der Waals surface area (Å²) in [5, 5.41) is 0.736. The number of Topliss-reactive ketones (excluding diaryl/α,β-unsaturated/α-hetero) is 1. The van der Waals surface area contributed by atoms with Crippen LogP contribution in [0.5, 0.6) is 0 Å². The molecule has 0 saturated carbocycles. The normalized spacial score (nSPS) is 14.6. The van der Waals surface area contributed by atoms with Crippen molar-refractivity contribution < 1.29 is 4.79 Å². The minimum atomic E-state index is 0.256. The summed E-state index contributed by atoms with van der Waals surface area (Å²) < 4.78 is 2.13. The van der Waals surface area contributed by atoms with E-state index >= 15 is 0 Å². The molecule has 0 saturated heterocycles. The van der Waals surface area contributed by atoms with Crippen molar-refractivity contribution in [1.82, 2.24) is 4.57 Å². The number of rotatable bonds is 1. The van der Waals surface area contributed by atoms with E-state index in [0.29, 0.717) is 6.42 Å². The number of benzene rings is 1. The van der Waals surface area contributed by atoms with Crippen molar-refractivity contribution in [2.75, 3.05) is 0 Å². The van der Waals surface area contributed by atoms with Gasteiger partial charge in [0.1, 0.15) is 0 Å². The van der Waals surface area contributed by atoms with E-state index in [2.05, 4.69) is 10.6 Å². The second-order valence-electron chi connectivity index (χ2n) is 5.21. The van der Waals surface area contributed by atoms with E-state index in [1.54, 1.807) is 0 Å². The smallest absolute Gasteiger partial charge is 0.164 e. The first-order valence-electron chi connectivity index (χ1n) is 6.59. The molecule has 0 aliphatic heterocycles. The molecule has 2 aromatic rings. The summed E-state index contributed by atoms with van der Waals surface area (Å²) in [5.41, 5.74) is 5.18. The molecule has 1 aliphatic rings. The monoisotopic (exact) mass is 273 g/mol. The van der Waals surface area contributed by atoms with E-state index in [4.69, 9.17) is 11.6 Å². The maximum Gasteiger partial charge on any atom is 0.164 e. The van der Waals surface area contributed by atoms with Gasteiger partial charge in [-0.1, -0.05) is 17.7 Å². The number of hydrogen-bond acceptors (Lipinski definition) is 1. The van der Waals surface area contributed by atoms with Crippen molar-refractivity contribution in [3.63, 3.8) is 0 Å². The molecule has 0 amide bonds. The SMILES string of the molecule is Cc1ccc(-n2c(C)cc3c2CCCC3=O)c(Cl)c1. The summed E-state index contributed by atoms with van der Waals surface area (Å²) in [6.45, 7) is 4.05. The Morgan fingerprint density at radius 2 is 1.95 bits per heavy atom. The summed E-state index contributed by atoms with van der Waals surface area (Å²) in [4.78, 5) is 12.0. The van der Waals surface area contributed by atoms with Gasteiger partial charge in [-0.15, -0.1) is 0 Å². The fourth-order valence-corrected chi connectivity index (χ4v) is 3.18. The number of carbonyl (C=O) groups excluding carboxylic acids is 1. The molecule has 3 heteroatoms. The number of aryl methyl sites for hydroxylation is 2. The van der Waals surface area contributed by atoms with Gasteiger partial charge >= 0.3 is 0 Å². The molecule has 1 aromatic carbocycles. The number of fused-ring (bicyclic) bond motifs is 1. The quantitative estimate of drug-likeness (QED) is 0.761. The second kappa shape index (κ2) is 4.53. The first kappa shape index (κ1) is 12.5. The van der Waals surface area contributed by atoms with Crippen molar-refractivity contribution in [3.05, 3.63) is 51.8 Å². The van der Waals surface area contributed by atoms with E-state index in [9.17, 15) is 4.79 Å². The highest BCUT2D eigenvalue weighted by atomic mass is 35.5. The summed E-state index contributed by atoms with van der Waals surface area (Å²) in [5.74, 6) is 0.256. The Balaban J connectivity index is 2.23. The molecule has 1 aliphatic carbocycles. The van der Waals surface area contributed by atoms with E-state index < -0.39 is 0 Å². The van der Waals surface area contributed by atoms with Crippen molar-refractivity contribution in [1.29, 1.82) is 0 Å². The molecule has 0 fully saturated rings. The predicted molar refractivity (Wildman–Crippen MR) is 77.5 cm³/mol. The zero-order valence-electron chi connectivity index (χ0n) is 11.2. The Morgan fingerprint density at radius 1 is 1.16 bits per heavy atom. The van der Waals surface area contributed by atoms with Crippen molar-refractivity contribution in [2.45, 2.75) is 33.1 Å². The van der Waals surface area contributed by atoms with Gasteiger partial charge in [0.2, 0.25) is 0 Å². The third-order valence-corrected chi connectivity index (χ3v) is 4.05. The Hall–Kier alpha value is -1.54. The minimum Gasteiger partial charge on any atom is -0.316 e. The molecule has 1 aromatic heterocycles. The summed E-state index contributed by atoms with van der Waals surface area (Å²) in [6.07, 6.45) is 2.54. The minimum absolute atomic E-state index is 0.256. The van der Waals surface area contributed by atoms with E-state index in [0.717, 1.165) is 46.1 Å². The van der Waals surface area contributed by atoms with Crippen LogP contribution in [-0.2, 0) is 6.42 Å². The topological polar surface area (TPSA) is 22.0 Å². The van der Waals surface area contributed by atoms with E-state index in [1.807, 2.05) is 32.0 Å². The van der Waals surface area contributed by atoms with Gasteiger partial charge in [-0.05, 0) is 50.5 Å². The van der Waals surface area contributed by atoms with Gasteiger partial charge in [-0.3, -0.25) is 4.79 Å². The van der Waals surface area contributed by atoms with Crippen LogP contribution in [0.3, 0.4) is 0 Å². The average Bonchev–Trinajstić information content (AvgIpc) is 2.68. The van der Waals surface area contributed by atoms with Gasteiger partial charge in [0.15, 0.2) is 5.78 Å². The molecule has 0 atom stereocenters. The van der Waals surface area contributed by atoms with Crippen LogP contribution in [0.1, 0.15) is 40.2 Å². The van der Waals surface area contributed by atoms with Gasteiger partial charge in [0.05, 0.1) is 10.7 Å². The van der Waals surface area contributed by atoms with Crippen molar-refractivity contribution in [2.24, 2.45) is 0 Å². The maximum absolute atomic E-state index is 12.0. The van der Waals surface area contributed by atoms with Gasteiger partial charge in [-0.25, -0.2) is 0 Å². The molecule has 2 nitrogen and oxygen atoms in total. The first-order chi connectivity index (χ1) is 9.08. The molecular formula is C16H16ClNO. The van der Waals surface area contributed by atoms with Gasteiger partial charge in [0, 0.05) is 23.4 Å². The Labute approximate surface area is 118 Å². The number of carbonyl (C=O) groups is 1. The molecule has 0 spiro atoms. The van der Waals surface area contributed by atoms with E-state index in [1.165, 1.54) is 0 Å². The van der Waals surface area contributed by atoms with Crippen LogP contribution in [0.15, 0.2) is 24.3 Å². The van der Waals surface area contributed by atoms with Crippen LogP contribution in [0.25, 0.3) is 5.69 Å². The molecule has 98 valence electrons. The lowest BCUT2D eigenvalue weighted by Crippen LogP contribution is -2.12. The highest BCUT2D eigenvalue weighted by molar-refractivity contribution is 6.32. The highest BCUT2D eigenvalue weighted by Gasteiger charge is 2.23. The fourth-order valence-electron chi connectivity index (χ4n) is 2.86. The van der Waals surface area contributed by atoms with Crippen LogP contribution in [0.2, 0.25) is 5.02 Å². The third kappa shape index (κ3) is 2.00. The van der Waals surface area contributed by atoms with Crippen molar-refractivity contribution in [3.8, 4) is 5.69 Å². The number of nitrogens with zero attached hydrogens (tertiary/aromatic N) is 1. The Bertz CT molecular complexity index is 670.